The van der Waals surface area contributed by atoms with Gasteiger partial charge in [0.05, 0.1) is 7.11 Å². The molecule has 5 heteroatoms. The zero-order chi connectivity index (χ0) is 15.4. The third-order valence-electron chi connectivity index (χ3n) is 3.19. The van der Waals surface area contributed by atoms with Crippen LogP contribution in [0.5, 0.6) is 5.75 Å². The topological polar surface area (TPSA) is 47.3 Å². The van der Waals surface area contributed by atoms with E-state index >= 15 is 0 Å². The van der Waals surface area contributed by atoms with Gasteiger partial charge in [0.25, 0.3) is 0 Å². The third kappa shape index (κ3) is 3.65. The summed E-state index contributed by atoms with van der Waals surface area (Å²) in [6, 6.07) is 11.5. The first-order valence-electron chi connectivity index (χ1n) is 6.48. The Labute approximate surface area is 135 Å². The smallest absolute Gasteiger partial charge is 0.125 e. The second kappa shape index (κ2) is 6.78. The molecule has 0 fully saturated rings. The van der Waals surface area contributed by atoms with Gasteiger partial charge in [0.2, 0.25) is 0 Å². The maximum atomic E-state index is 6.23. The van der Waals surface area contributed by atoms with Gasteiger partial charge in [-0.2, -0.15) is 0 Å². The highest BCUT2D eigenvalue weighted by molar-refractivity contribution is 7.80. The lowest BCUT2D eigenvalue weighted by atomic mass is 10.1. The van der Waals surface area contributed by atoms with Gasteiger partial charge in [0, 0.05) is 28.4 Å². The number of nitrogens with one attached hydrogen (secondary N) is 1. The molecular weight excluding hydrogens is 304 g/mol. The van der Waals surface area contributed by atoms with Crippen molar-refractivity contribution in [1.82, 2.24) is 0 Å². The molecule has 0 unspecified atom stereocenters. The summed E-state index contributed by atoms with van der Waals surface area (Å²) in [7, 11) is 1.63. The summed E-state index contributed by atoms with van der Waals surface area (Å²) in [5.41, 5.74) is 9.50. The predicted octanol–water partition coefficient (Wildman–Crippen LogP) is 3.90. The summed E-state index contributed by atoms with van der Waals surface area (Å²) in [5.74, 6) is 0.749. The lowest BCUT2D eigenvalue weighted by molar-refractivity contribution is 0.410. The Kier molecular flexibility index (Phi) is 5.04. The molecule has 0 aliphatic heterocycles. The second-order valence-electron chi connectivity index (χ2n) is 4.69. The molecule has 0 atom stereocenters. The van der Waals surface area contributed by atoms with Gasteiger partial charge in [-0.1, -0.05) is 41.5 Å². The Hall–Kier alpha value is -1.78. The zero-order valence-corrected chi connectivity index (χ0v) is 13.5. The summed E-state index contributed by atoms with van der Waals surface area (Å²) in [4.78, 5) is 0.368. The van der Waals surface area contributed by atoms with E-state index in [1.54, 1.807) is 7.11 Å². The Balaban J connectivity index is 2.27. The first kappa shape index (κ1) is 15.6. The van der Waals surface area contributed by atoms with Crippen molar-refractivity contribution < 1.29 is 4.74 Å². The summed E-state index contributed by atoms with van der Waals surface area (Å²) in [6.07, 6.45) is 0. The van der Waals surface area contributed by atoms with Crippen LogP contribution in [0.2, 0.25) is 5.02 Å². The van der Waals surface area contributed by atoms with Gasteiger partial charge in [-0.3, -0.25) is 0 Å². The molecule has 21 heavy (non-hydrogen) atoms. The van der Waals surface area contributed by atoms with Gasteiger partial charge >= 0.3 is 0 Å². The van der Waals surface area contributed by atoms with Crippen LogP contribution < -0.4 is 15.8 Å². The number of halogens is 1. The number of methoxy groups -OCH3 is 1. The lowest BCUT2D eigenvalue weighted by Gasteiger charge is -2.15. The van der Waals surface area contributed by atoms with Crippen molar-refractivity contribution in [2.75, 3.05) is 12.4 Å². The Bertz CT molecular complexity index is 673. The van der Waals surface area contributed by atoms with Crippen molar-refractivity contribution in [3.05, 3.63) is 58.1 Å². The van der Waals surface area contributed by atoms with Gasteiger partial charge in [0.15, 0.2) is 0 Å². The minimum atomic E-state index is 0.368. The molecule has 0 radical (unpaired) electrons. The second-order valence-corrected chi connectivity index (χ2v) is 5.53. The molecule has 110 valence electrons. The number of anilines is 1. The van der Waals surface area contributed by atoms with Crippen molar-refractivity contribution in [1.29, 1.82) is 0 Å². The number of thiocarbonyl (C=S) groups is 1. The molecular formula is C16H17ClN2OS. The zero-order valence-electron chi connectivity index (χ0n) is 11.9. The van der Waals surface area contributed by atoms with Crippen molar-refractivity contribution >= 4 is 34.5 Å². The van der Waals surface area contributed by atoms with Crippen molar-refractivity contribution in [3.63, 3.8) is 0 Å². The first-order chi connectivity index (χ1) is 10.0. The highest BCUT2D eigenvalue weighted by Gasteiger charge is 2.10. The molecule has 0 amide bonds. The van der Waals surface area contributed by atoms with Crippen molar-refractivity contribution in [2.45, 2.75) is 13.5 Å². The molecule has 3 nitrogen and oxygen atoms in total. The number of aryl methyl sites for hydroxylation is 1. The molecule has 0 heterocycles. The summed E-state index contributed by atoms with van der Waals surface area (Å²) < 4.78 is 5.34. The highest BCUT2D eigenvalue weighted by atomic mass is 35.5. The summed E-state index contributed by atoms with van der Waals surface area (Å²) in [5, 5.41) is 3.98. The molecule has 0 saturated carbocycles. The van der Waals surface area contributed by atoms with E-state index in [9.17, 15) is 0 Å². The maximum Gasteiger partial charge on any atom is 0.125 e. The SMILES string of the molecule is COc1cccc(Cl)c1CNc1ccc(C)cc1C(N)=S. The summed E-state index contributed by atoms with van der Waals surface area (Å²) >= 11 is 11.3. The quantitative estimate of drug-likeness (QED) is 0.820. The largest absolute Gasteiger partial charge is 0.496 e. The third-order valence-corrected chi connectivity index (χ3v) is 3.77. The van der Waals surface area contributed by atoms with Crippen molar-refractivity contribution in [2.24, 2.45) is 5.73 Å². The van der Waals surface area contributed by atoms with Gasteiger partial charge in [-0.25, -0.2) is 0 Å². The Morgan fingerprint density at radius 1 is 1.33 bits per heavy atom. The highest BCUT2D eigenvalue weighted by Crippen LogP contribution is 2.28. The van der Waals surface area contributed by atoms with E-state index in [2.05, 4.69) is 5.32 Å². The van der Waals surface area contributed by atoms with Gasteiger partial charge in [0.1, 0.15) is 10.7 Å². The summed E-state index contributed by atoms with van der Waals surface area (Å²) in [6.45, 7) is 2.53. The van der Waals surface area contributed by atoms with Crippen LogP contribution in [0.15, 0.2) is 36.4 Å². The van der Waals surface area contributed by atoms with Gasteiger partial charge in [-0.15, -0.1) is 0 Å². The molecule has 0 spiro atoms. The van der Waals surface area contributed by atoms with E-state index in [0.717, 1.165) is 28.1 Å². The fourth-order valence-corrected chi connectivity index (χ4v) is 2.50. The van der Waals surface area contributed by atoms with Gasteiger partial charge in [-0.05, 0) is 31.2 Å². The minimum Gasteiger partial charge on any atom is -0.496 e. The molecule has 0 aliphatic carbocycles. The Morgan fingerprint density at radius 2 is 2.10 bits per heavy atom. The number of hydrogen-bond donors (Lipinski definition) is 2. The standard InChI is InChI=1S/C16H17ClN2OS/c1-10-6-7-14(11(8-10)16(18)21)19-9-12-13(17)4-3-5-15(12)20-2/h3-8,19H,9H2,1-2H3,(H2,18,21). The van der Waals surface area contributed by atoms with Crippen LogP contribution in [0.25, 0.3) is 0 Å². The lowest BCUT2D eigenvalue weighted by Crippen LogP contribution is -2.13. The molecule has 3 N–H and O–H groups in total. The first-order valence-corrected chi connectivity index (χ1v) is 7.27. The molecule has 2 aromatic rings. The molecule has 0 bridgehead atoms. The predicted molar refractivity (Wildman–Crippen MR) is 92.4 cm³/mol. The number of ether oxygens (including phenoxy) is 1. The van der Waals surface area contributed by atoms with Crippen LogP contribution in [0.3, 0.4) is 0 Å². The van der Waals surface area contributed by atoms with Crippen LogP contribution in [-0.2, 0) is 6.54 Å². The van der Waals surface area contributed by atoms with E-state index in [1.807, 2.05) is 43.3 Å². The van der Waals surface area contributed by atoms with Crippen LogP contribution in [0.4, 0.5) is 5.69 Å². The van der Waals surface area contributed by atoms with Crippen LogP contribution in [0.1, 0.15) is 16.7 Å². The van der Waals surface area contributed by atoms with Crippen LogP contribution >= 0.6 is 23.8 Å². The van der Waals surface area contributed by atoms with Crippen LogP contribution in [-0.4, -0.2) is 12.1 Å². The molecule has 0 saturated heterocycles. The maximum absolute atomic E-state index is 6.23. The fraction of sp³-hybridized carbons (Fsp3) is 0.188. The van der Waals surface area contributed by atoms with E-state index in [-0.39, 0.29) is 0 Å². The minimum absolute atomic E-state index is 0.368. The average Bonchev–Trinajstić information content (AvgIpc) is 2.46. The Morgan fingerprint density at radius 3 is 2.76 bits per heavy atom. The van der Waals surface area contributed by atoms with E-state index in [4.69, 9.17) is 34.3 Å². The average molecular weight is 321 g/mol. The molecule has 0 aromatic heterocycles. The number of nitrogens with two attached hydrogens (primary N) is 1. The fourth-order valence-electron chi connectivity index (χ4n) is 2.10. The molecule has 2 aromatic carbocycles. The molecule has 2 rings (SSSR count). The van der Waals surface area contributed by atoms with E-state index in [0.29, 0.717) is 16.6 Å². The van der Waals surface area contributed by atoms with E-state index < -0.39 is 0 Å². The number of benzene rings is 2. The van der Waals surface area contributed by atoms with Gasteiger partial charge < -0.3 is 15.8 Å². The van der Waals surface area contributed by atoms with E-state index in [1.165, 1.54) is 0 Å². The number of rotatable bonds is 5. The normalized spacial score (nSPS) is 10.2. The molecule has 0 aliphatic rings. The number of hydrogen-bond acceptors (Lipinski definition) is 3. The van der Waals surface area contributed by atoms with Crippen molar-refractivity contribution in [3.8, 4) is 5.75 Å². The monoisotopic (exact) mass is 320 g/mol. The van der Waals surface area contributed by atoms with Crippen LogP contribution in [0, 0.1) is 6.92 Å².